The smallest absolute Gasteiger partial charge is 0.253 e. The summed E-state index contributed by atoms with van der Waals surface area (Å²) in [7, 11) is 3.21. The van der Waals surface area contributed by atoms with E-state index < -0.39 is 6.04 Å². The predicted octanol–water partition coefficient (Wildman–Crippen LogP) is 3.02. The number of hydrogen-bond donors (Lipinski definition) is 1. The number of pyridine rings is 1. The molecule has 1 aliphatic rings. The van der Waals surface area contributed by atoms with E-state index in [1.165, 1.54) is 6.20 Å². The van der Waals surface area contributed by atoms with Crippen molar-refractivity contribution in [2.75, 3.05) is 20.8 Å². The van der Waals surface area contributed by atoms with Crippen molar-refractivity contribution in [3.63, 3.8) is 0 Å². The minimum atomic E-state index is -0.693. The first kappa shape index (κ1) is 22.3. The fourth-order valence-corrected chi connectivity index (χ4v) is 4.08. The molecule has 1 aromatic heterocycles. The monoisotopic (exact) mass is 445 g/mol. The second kappa shape index (κ2) is 10.2. The molecule has 0 saturated heterocycles. The van der Waals surface area contributed by atoms with Gasteiger partial charge in [0.1, 0.15) is 6.04 Å². The van der Waals surface area contributed by atoms with Crippen LogP contribution < -0.4 is 14.8 Å². The van der Waals surface area contributed by atoms with E-state index in [1.807, 2.05) is 42.5 Å². The zero-order chi connectivity index (χ0) is 23.2. The molecular weight excluding hydrogens is 418 g/mol. The van der Waals surface area contributed by atoms with E-state index in [1.54, 1.807) is 37.4 Å². The first-order chi connectivity index (χ1) is 16.1. The summed E-state index contributed by atoms with van der Waals surface area (Å²) in [6.45, 7) is 1.01. The molecule has 2 aromatic carbocycles. The van der Waals surface area contributed by atoms with Gasteiger partial charge in [0.05, 0.1) is 19.8 Å². The van der Waals surface area contributed by atoms with Crippen LogP contribution in [0.5, 0.6) is 11.5 Å². The highest BCUT2D eigenvalue weighted by atomic mass is 16.5. The number of carbonyl (C=O) groups excluding carboxylic acids is 2. The van der Waals surface area contributed by atoms with Gasteiger partial charge in [-0.2, -0.15) is 0 Å². The van der Waals surface area contributed by atoms with Crippen molar-refractivity contribution >= 4 is 11.8 Å². The molecule has 1 N–H and O–H groups in total. The molecule has 170 valence electrons. The molecule has 1 atom stereocenters. The van der Waals surface area contributed by atoms with Crippen LogP contribution in [0.15, 0.2) is 67.0 Å². The number of amides is 2. The topological polar surface area (TPSA) is 80.8 Å². The molecule has 0 radical (unpaired) electrons. The van der Waals surface area contributed by atoms with Gasteiger partial charge in [-0.15, -0.1) is 0 Å². The summed E-state index contributed by atoms with van der Waals surface area (Å²) in [5.41, 5.74) is 3.55. The van der Waals surface area contributed by atoms with Crippen molar-refractivity contribution in [1.29, 1.82) is 0 Å². The summed E-state index contributed by atoms with van der Waals surface area (Å²) in [6.07, 6.45) is 4.21. The van der Waals surface area contributed by atoms with Crippen molar-refractivity contribution in [1.82, 2.24) is 15.2 Å². The number of ether oxygens (including phenoxy) is 2. The first-order valence-corrected chi connectivity index (χ1v) is 10.9. The Balaban J connectivity index is 1.56. The van der Waals surface area contributed by atoms with Crippen LogP contribution in [0.2, 0.25) is 0 Å². The number of fused-ring (bicyclic) bond motifs is 1. The van der Waals surface area contributed by atoms with Crippen LogP contribution in [0.4, 0.5) is 0 Å². The summed E-state index contributed by atoms with van der Waals surface area (Å²) < 4.78 is 10.8. The second-order valence-corrected chi connectivity index (χ2v) is 7.94. The van der Waals surface area contributed by atoms with Crippen molar-refractivity contribution in [3.8, 4) is 11.5 Å². The first-order valence-electron chi connectivity index (χ1n) is 10.9. The minimum Gasteiger partial charge on any atom is -0.493 e. The third kappa shape index (κ3) is 5.14. The zero-order valence-electron chi connectivity index (χ0n) is 18.8. The highest BCUT2D eigenvalue weighted by Crippen LogP contribution is 2.33. The Hall–Kier alpha value is -3.87. The second-order valence-electron chi connectivity index (χ2n) is 7.94. The van der Waals surface area contributed by atoms with Gasteiger partial charge in [-0.25, -0.2) is 0 Å². The van der Waals surface area contributed by atoms with Gasteiger partial charge in [-0.3, -0.25) is 14.6 Å². The molecular formula is C26H27N3O4. The average Bonchev–Trinajstić information content (AvgIpc) is 2.87. The SMILES string of the molecule is COc1cc2c(cc1OC)CN(C(=O)[C@H](Cc1ccccc1)NC(=O)c1cccnc1)CC2. The number of benzene rings is 2. The van der Waals surface area contributed by atoms with Gasteiger partial charge >= 0.3 is 0 Å². The molecule has 0 bridgehead atoms. The van der Waals surface area contributed by atoms with Gasteiger partial charge in [0.15, 0.2) is 11.5 Å². The minimum absolute atomic E-state index is 0.114. The molecule has 7 heteroatoms. The lowest BCUT2D eigenvalue weighted by Crippen LogP contribution is -2.50. The molecule has 0 spiro atoms. The molecule has 33 heavy (non-hydrogen) atoms. The number of hydrogen-bond acceptors (Lipinski definition) is 5. The van der Waals surface area contributed by atoms with Gasteiger partial charge in [-0.05, 0) is 47.4 Å². The van der Waals surface area contributed by atoms with E-state index in [-0.39, 0.29) is 11.8 Å². The van der Waals surface area contributed by atoms with Crippen LogP contribution in [-0.2, 0) is 24.2 Å². The van der Waals surface area contributed by atoms with Crippen LogP contribution in [0.3, 0.4) is 0 Å². The average molecular weight is 446 g/mol. The molecule has 7 nitrogen and oxygen atoms in total. The Morgan fingerprint density at radius 1 is 1.03 bits per heavy atom. The van der Waals surface area contributed by atoms with Crippen molar-refractivity contribution in [2.45, 2.75) is 25.4 Å². The Bertz CT molecular complexity index is 1120. The normalized spacial score (nSPS) is 13.6. The standard InChI is InChI=1S/C26H27N3O4/c1-32-23-14-19-10-12-29(17-21(19)15-24(23)33-2)26(31)22(13-18-7-4-3-5-8-18)28-25(30)20-9-6-11-27-16-20/h3-9,11,14-16,22H,10,12-13,17H2,1-2H3,(H,28,30)/t22-/m0/s1. The Morgan fingerprint density at radius 2 is 1.76 bits per heavy atom. The summed E-state index contributed by atoms with van der Waals surface area (Å²) >= 11 is 0. The number of rotatable bonds is 7. The summed E-state index contributed by atoms with van der Waals surface area (Å²) in [5.74, 6) is 0.885. The van der Waals surface area contributed by atoms with Gasteiger partial charge in [-0.1, -0.05) is 30.3 Å². The highest BCUT2D eigenvalue weighted by molar-refractivity contribution is 5.97. The van der Waals surface area contributed by atoms with Gasteiger partial charge < -0.3 is 19.7 Å². The lowest BCUT2D eigenvalue weighted by molar-refractivity contribution is -0.134. The zero-order valence-corrected chi connectivity index (χ0v) is 18.8. The van der Waals surface area contributed by atoms with Crippen LogP contribution in [-0.4, -0.2) is 48.5 Å². The van der Waals surface area contributed by atoms with Crippen molar-refractivity contribution < 1.29 is 19.1 Å². The largest absolute Gasteiger partial charge is 0.493 e. The van der Waals surface area contributed by atoms with Gasteiger partial charge in [0.25, 0.3) is 5.91 Å². The van der Waals surface area contributed by atoms with E-state index >= 15 is 0 Å². The van der Waals surface area contributed by atoms with Crippen LogP contribution in [0.1, 0.15) is 27.0 Å². The van der Waals surface area contributed by atoms with Crippen LogP contribution >= 0.6 is 0 Å². The van der Waals surface area contributed by atoms with E-state index in [4.69, 9.17) is 9.47 Å². The molecule has 0 fully saturated rings. The molecule has 0 unspecified atom stereocenters. The highest BCUT2D eigenvalue weighted by Gasteiger charge is 2.30. The molecule has 1 aliphatic heterocycles. The maximum atomic E-state index is 13.6. The van der Waals surface area contributed by atoms with E-state index in [0.29, 0.717) is 43.0 Å². The van der Waals surface area contributed by atoms with E-state index in [2.05, 4.69) is 10.3 Å². The molecule has 2 heterocycles. The lowest BCUT2D eigenvalue weighted by Gasteiger charge is -2.32. The molecule has 0 saturated carbocycles. The fraction of sp³-hybridized carbons (Fsp3) is 0.269. The Morgan fingerprint density at radius 3 is 2.42 bits per heavy atom. The van der Waals surface area contributed by atoms with Crippen LogP contribution in [0, 0.1) is 0 Å². The maximum Gasteiger partial charge on any atom is 0.253 e. The number of carbonyl (C=O) groups is 2. The summed E-state index contributed by atoms with van der Waals surface area (Å²) in [6, 6.07) is 16.3. The third-order valence-electron chi connectivity index (χ3n) is 5.84. The van der Waals surface area contributed by atoms with Crippen LogP contribution in [0.25, 0.3) is 0 Å². The maximum absolute atomic E-state index is 13.6. The Kier molecular flexibility index (Phi) is 6.88. The molecule has 3 aromatic rings. The number of aromatic nitrogens is 1. The van der Waals surface area contributed by atoms with E-state index in [9.17, 15) is 9.59 Å². The van der Waals surface area contributed by atoms with E-state index in [0.717, 1.165) is 16.7 Å². The van der Waals surface area contributed by atoms with Gasteiger partial charge in [0.2, 0.25) is 5.91 Å². The Labute approximate surface area is 193 Å². The number of methoxy groups -OCH3 is 2. The summed E-state index contributed by atoms with van der Waals surface area (Å²) in [4.78, 5) is 32.2. The predicted molar refractivity (Wildman–Crippen MR) is 124 cm³/mol. The number of nitrogens with one attached hydrogen (secondary N) is 1. The van der Waals surface area contributed by atoms with Crippen molar-refractivity contribution in [2.24, 2.45) is 0 Å². The molecule has 4 rings (SSSR count). The molecule has 2 amide bonds. The molecule has 0 aliphatic carbocycles. The fourth-order valence-electron chi connectivity index (χ4n) is 4.08. The van der Waals surface area contributed by atoms with Gasteiger partial charge in [0, 0.05) is 31.9 Å². The third-order valence-corrected chi connectivity index (χ3v) is 5.84. The number of nitrogens with zero attached hydrogens (tertiary/aromatic N) is 2. The van der Waals surface area contributed by atoms with Crippen molar-refractivity contribution in [3.05, 3.63) is 89.2 Å². The quantitative estimate of drug-likeness (QED) is 0.605. The lowest BCUT2D eigenvalue weighted by atomic mass is 9.97. The summed E-state index contributed by atoms with van der Waals surface area (Å²) in [5, 5.41) is 2.93.